The van der Waals surface area contributed by atoms with Crippen LogP contribution in [-0.2, 0) is 4.74 Å². The third kappa shape index (κ3) is 4.59. The molecule has 3 unspecified atom stereocenters. The zero-order chi connectivity index (χ0) is 22.0. The molecule has 0 bridgehead atoms. The molecule has 8 heteroatoms. The van der Waals surface area contributed by atoms with Gasteiger partial charge in [-0.1, -0.05) is 12.1 Å². The predicted molar refractivity (Wildman–Crippen MR) is 121 cm³/mol. The molecule has 0 aromatic heterocycles. The van der Waals surface area contributed by atoms with Crippen molar-refractivity contribution in [2.75, 3.05) is 42.6 Å². The average Bonchev–Trinajstić information content (AvgIpc) is 3.35. The number of nitrogen functional groups attached to an aromatic ring is 1. The molecule has 0 saturated carbocycles. The van der Waals surface area contributed by atoms with Crippen LogP contribution in [0, 0.1) is 5.92 Å². The summed E-state index contributed by atoms with van der Waals surface area (Å²) in [6, 6.07) is 14.8. The van der Waals surface area contributed by atoms with Gasteiger partial charge in [-0.3, -0.25) is 4.79 Å². The lowest BCUT2D eigenvalue weighted by Crippen LogP contribution is -2.44. The number of para-hydroxylation sites is 2. The second-order valence-corrected chi connectivity index (χ2v) is 8.35. The Hall–Kier alpha value is -3.26. The fourth-order valence-electron chi connectivity index (χ4n) is 4.78. The van der Waals surface area contributed by atoms with Gasteiger partial charge in [-0.2, -0.15) is 0 Å². The number of nitrogens with zero attached hydrogens (tertiary/aromatic N) is 2. The molecule has 0 spiro atoms. The van der Waals surface area contributed by atoms with Crippen molar-refractivity contribution in [1.29, 1.82) is 0 Å². The maximum atomic E-state index is 12.6. The normalized spacial score (nSPS) is 23.6. The van der Waals surface area contributed by atoms with Gasteiger partial charge in [0.1, 0.15) is 6.10 Å². The highest BCUT2D eigenvalue weighted by Gasteiger charge is 2.43. The smallest absolute Gasteiger partial charge is 0.404 e. The summed E-state index contributed by atoms with van der Waals surface area (Å²) in [5, 5.41) is 2.85. The number of anilines is 3. The molecule has 164 valence electrons. The molecule has 31 heavy (non-hydrogen) atoms. The maximum absolute atomic E-state index is 12.6. The van der Waals surface area contributed by atoms with E-state index >= 15 is 0 Å². The SMILES string of the molecule is CN1CCC(C2C(OC(N)=O)CCN2c2ccc(C(=O)Nc3ccccc3N)cc2)C1. The van der Waals surface area contributed by atoms with Crippen molar-refractivity contribution in [3.05, 3.63) is 54.1 Å². The fraction of sp³-hybridized carbons (Fsp3) is 0.391. The molecule has 4 rings (SSSR count). The molecule has 2 aliphatic rings. The Balaban J connectivity index is 1.51. The molecule has 2 aliphatic heterocycles. The number of amides is 2. The van der Waals surface area contributed by atoms with Crippen molar-refractivity contribution in [3.63, 3.8) is 0 Å². The zero-order valence-corrected chi connectivity index (χ0v) is 17.7. The molecule has 2 fully saturated rings. The average molecular weight is 424 g/mol. The number of ether oxygens (including phenoxy) is 1. The quantitative estimate of drug-likeness (QED) is 0.637. The molecule has 2 saturated heterocycles. The molecular weight excluding hydrogens is 394 g/mol. The van der Waals surface area contributed by atoms with E-state index in [-0.39, 0.29) is 18.1 Å². The number of benzene rings is 2. The number of primary amides is 1. The van der Waals surface area contributed by atoms with Gasteiger partial charge in [0, 0.05) is 30.8 Å². The second kappa shape index (κ2) is 8.85. The summed E-state index contributed by atoms with van der Waals surface area (Å²) in [7, 11) is 2.11. The number of likely N-dealkylation sites (tertiary alicyclic amines) is 1. The first-order valence-corrected chi connectivity index (χ1v) is 10.6. The van der Waals surface area contributed by atoms with Crippen LogP contribution in [0.2, 0.25) is 0 Å². The summed E-state index contributed by atoms with van der Waals surface area (Å²) < 4.78 is 5.47. The minimum Gasteiger partial charge on any atom is -0.444 e. The van der Waals surface area contributed by atoms with Crippen molar-refractivity contribution in [3.8, 4) is 0 Å². The summed E-state index contributed by atoms with van der Waals surface area (Å²) in [5.74, 6) is 0.177. The third-order valence-corrected chi connectivity index (χ3v) is 6.24. The van der Waals surface area contributed by atoms with E-state index < -0.39 is 6.09 Å². The van der Waals surface area contributed by atoms with Crippen LogP contribution in [0.3, 0.4) is 0 Å². The van der Waals surface area contributed by atoms with Crippen LogP contribution < -0.4 is 21.7 Å². The Bertz CT molecular complexity index is 948. The molecule has 0 radical (unpaired) electrons. The lowest BCUT2D eigenvalue weighted by Gasteiger charge is -2.34. The van der Waals surface area contributed by atoms with E-state index in [2.05, 4.69) is 22.2 Å². The summed E-state index contributed by atoms with van der Waals surface area (Å²) in [6.45, 7) is 2.76. The van der Waals surface area contributed by atoms with Crippen LogP contribution in [0.15, 0.2) is 48.5 Å². The molecule has 2 aromatic rings. The number of nitrogens with one attached hydrogen (secondary N) is 1. The first kappa shape index (κ1) is 21.0. The zero-order valence-electron chi connectivity index (χ0n) is 17.7. The van der Waals surface area contributed by atoms with Crippen LogP contribution in [0.4, 0.5) is 21.9 Å². The molecule has 2 aromatic carbocycles. The van der Waals surface area contributed by atoms with Crippen LogP contribution in [0.5, 0.6) is 0 Å². The van der Waals surface area contributed by atoms with Crippen molar-refractivity contribution in [2.45, 2.75) is 25.0 Å². The van der Waals surface area contributed by atoms with Gasteiger partial charge >= 0.3 is 6.09 Å². The Morgan fingerprint density at radius 2 is 1.81 bits per heavy atom. The van der Waals surface area contributed by atoms with Crippen molar-refractivity contribution >= 4 is 29.1 Å². The van der Waals surface area contributed by atoms with Crippen molar-refractivity contribution in [1.82, 2.24) is 4.90 Å². The monoisotopic (exact) mass is 423 g/mol. The highest BCUT2D eigenvalue weighted by atomic mass is 16.6. The highest BCUT2D eigenvalue weighted by Crippen LogP contribution is 2.35. The van der Waals surface area contributed by atoms with Gasteiger partial charge in [0.25, 0.3) is 5.91 Å². The van der Waals surface area contributed by atoms with Gasteiger partial charge in [-0.15, -0.1) is 0 Å². The van der Waals surface area contributed by atoms with Crippen LogP contribution in [0.1, 0.15) is 23.2 Å². The molecule has 0 aliphatic carbocycles. The lowest BCUT2D eigenvalue weighted by atomic mass is 9.94. The van der Waals surface area contributed by atoms with Gasteiger partial charge in [0.15, 0.2) is 0 Å². The number of rotatable bonds is 5. The largest absolute Gasteiger partial charge is 0.444 e. The summed E-state index contributed by atoms with van der Waals surface area (Å²) in [4.78, 5) is 28.6. The van der Waals surface area contributed by atoms with Gasteiger partial charge in [-0.25, -0.2) is 4.79 Å². The fourth-order valence-corrected chi connectivity index (χ4v) is 4.78. The molecule has 3 atom stereocenters. The van der Waals surface area contributed by atoms with Gasteiger partial charge in [0.05, 0.1) is 17.4 Å². The number of carbonyl (C=O) groups excluding carboxylic acids is 2. The van der Waals surface area contributed by atoms with Crippen molar-refractivity contribution < 1.29 is 14.3 Å². The van der Waals surface area contributed by atoms with Crippen LogP contribution >= 0.6 is 0 Å². The Labute approximate surface area is 182 Å². The van der Waals surface area contributed by atoms with Crippen LogP contribution in [0.25, 0.3) is 0 Å². The molecule has 5 N–H and O–H groups in total. The molecule has 2 amide bonds. The van der Waals surface area contributed by atoms with Crippen molar-refractivity contribution in [2.24, 2.45) is 11.7 Å². The van der Waals surface area contributed by atoms with E-state index in [1.165, 1.54) is 0 Å². The summed E-state index contributed by atoms with van der Waals surface area (Å²) in [5.41, 5.74) is 13.9. The minimum absolute atomic E-state index is 0.0706. The minimum atomic E-state index is -0.726. The number of carbonyl (C=O) groups is 2. The molecule has 8 nitrogen and oxygen atoms in total. The number of hydrogen-bond donors (Lipinski definition) is 3. The lowest BCUT2D eigenvalue weighted by molar-refractivity contribution is 0.0890. The topological polar surface area (TPSA) is 114 Å². The maximum Gasteiger partial charge on any atom is 0.404 e. The van der Waals surface area contributed by atoms with E-state index in [0.29, 0.717) is 22.9 Å². The molecule has 2 heterocycles. The van der Waals surface area contributed by atoms with E-state index in [4.69, 9.17) is 16.2 Å². The molecular formula is C23H29N5O3. The summed E-state index contributed by atoms with van der Waals surface area (Å²) in [6.07, 6.45) is 0.840. The standard InChI is InChI=1S/C23H29N5O3/c1-27-12-10-16(14-27)21-20(31-23(25)30)11-13-28(21)17-8-6-15(7-9-17)22(29)26-19-5-3-2-4-18(19)24/h2-9,16,20-21H,10-14,24H2,1H3,(H2,25,30)(H,26,29). The van der Waals surface area contributed by atoms with Gasteiger partial charge in [0.2, 0.25) is 0 Å². The number of nitrogens with two attached hydrogens (primary N) is 2. The summed E-state index contributed by atoms with van der Waals surface area (Å²) >= 11 is 0. The van der Waals surface area contributed by atoms with Crippen LogP contribution in [-0.4, -0.2) is 55.7 Å². The van der Waals surface area contributed by atoms with Gasteiger partial charge < -0.3 is 31.3 Å². The van der Waals surface area contributed by atoms with E-state index in [0.717, 1.165) is 38.2 Å². The first-order chi connectivity index (χ1) is 14.9. The van der Waals surface area contributed by atoms with E-state index in [9.17, 15) is 9.59 Å². The predicted octanol–water partition coefficient (Wildman–Crippen LogP) is 2.52. The number of hydrogen-bond acceptors (Lipinski definition) is 6. The Morgan fingerprint density at radius 1 is 1.06 bits per heavy atom. The second-order valence-electron chi connectivity index (χ2n) is 8.35. The van der Waals surface area contributed by atoms with Gasteiger partial charge in [-0.05, 0) is 62.3 Å². The van der Waals surface area contributed by atoms with E-state index in [1.807, 2.05) is 36.4 Å². The Kier molecular flexibility index (Phi) is 5.99. The first-order valence-electron chi connectivity index (χ1n) is 10.6. The highest BCUT2D eigenvalue weighted by molar-refractivity contribution is 6.05. The third-order valence-electron chi connectivity index (χ3n) is 6.24. The Morgan fingerprint density at radius 3 is 2.45 bits per heavy atom. The van der Waals surface area contributed by atoms with E-state index in [1.54, 1.807) is 12.1 Å².